The monoisotopic (exact) mass is 453 g/mol. The molecule has 32 heavy (non-hydrogen) atoms. The maximum Gasteiger partial charge on any atom is 0.243 e. The van der Waals surface area contributed by atoms with E-state index in [-0.39, 0.29) is 11.9 Å². The summed E-state index contributed by atoms with van der Waals surface area (Å²) in [4.78, 5) is 13.3. The Morgan fingerprint density at radius 2 is 1.81 bits per heavy atom. The summed E-state index contributed by atoms with van der Waals surface area (Å²) in [6, 6.07) is 14.8. The zero-order chi connectivity index (χ0) is 22.7. The summed E-state index contributed by atoms with van der Waals surface area (Å²) < 4.78 is 29.6. The van der Waals surface area contributed by atoms with Gasteiger partial charge in [0.2, 0.25) is 15.9 Å². The predicted octanol–water partition coefficient (Wildman–Crippen LogP) is 4.39. The molecule has 1 N–H and O–H groups in total. The second-order valence-corrected chi connectivity index (χ2v) is 10.4. The van der Waals surface area contributed by atoms with E-state index < -0.39 is 10.0 Å². The summed E-state index contributed by atoms with van der Waals surface area (Å²) in [5.74, 6) is -0.0433. The smallest absolute Gasteiger partial charge is 0.243 e. The number of carbonyl (C=O) groups excluding carboxylic acids is 1. The molecule has 6 nitrogen and oxygen atoms in total. The number of aryl methyl sites for hydroxylation is 1. The molecule has 3 aromatic rings. The fourth-order valence-electron chi connectivity index (χ4n) is 4.45. The van der Waals surface area contributed by atoms with Crippen molar-refractivity contribution >= 4 is 26.8 Å². The van der Waals surface area contributed by atoms with E-state index in [0.717, 1.165) is 41.3 Å². The third kappa shape index (κ3) is 4.45. The van der Waals surface area contributed by atoms with Crippen molar-refractivity contribution in [3.63, 3.8) is 0 Å². The molecule has 2 aromatic carbocycles. The minimum atomic E-state index is -3.48. The van der Waals surface area contributed by atoms with Crippen LogP contribution in [0.25, 0.3) is 10.9 Å². The molecule has 7 heteroatoms. The number of hydrogen-bond donors (Lipinski definition) is 1. The number of fused-ring (bicyclic) bond motifs is 1. The van der Waals surface area contributed by atoms with Gasteiger partial charge in [-0.2, -0.15) is 4.31 Å². The number of nitrogens with one attached hydrogen (secondary N) is 1. The average molecular weight is 454 g/mol. The van der Waals surface area contributed by atoms with Gasteiger partial charge < -0.3 is 9.88 Å². The lowest BCUT2D eigenvalue weighted by molar-refractivity contribution is -0.124. The highest BCUT2D eigenvalue weighted by atomic mass is 32.2. The number of carbonyl (C=O) groups is 1. The first-order valence-electron chi connectivity index (χ1n) is 11.3. The molecule has 4 rings (SSSR count). The van der Waals surface area contributed by atoms with Gasteiger partial charge in [0.15, 0.2) is 0 Å². The number of nitrogens with zero attached hydrogens (tertiary/aromatic N) is 2. The van der Waals surface area contributed by atoms with Crippen LogP contribution in [-0.2, 0) is 21.4 Å². The molecule has 0 bridgehead atoms. The molecule has 1 fully saturated rings. The predicted molar refractivity (Wildman–Crippen MR) is 127 cm³/mol. The Morgan fingerprint density at radius 3 is 2.53 bits per heavy atom. The maximum atomic E-state index is 13.0. The van der Waals surface area contributed by atoms with Crippen LogP contribution in [0.15, 0.2) is 59.6 Å². The van der Waals surface area contributed by atoms with Crippen LogP contribution in [0, 0.1) is 6.92 Å². The van der Waals surface area contributed by atoms with Gasteiger partial charge in [-0.15, -0.1) is 0 Å². The van der Waals surface area contributed by atoms with Gasteiger partial charge in [0.1, 0.15) is 6.04 Å². The van der Waals surface area contributed by atoms with Crippen molar-refractivity contribution in [2.24, 2.45) is 0 Å². The fourth-order valence-corrected chi connectivity index (χ4v) is 6.00. The lowest BCUT2D eigenvalue weighted by atomic mass is 10.1. The van der Waals surface area contributed by atoms with Crippen LogP contribution in [0.1, 0.15) is 49.8 Å². The summed E-state index contributed by atoms with van der Waals surface area (Å²) in [5.41, 5.74) is 3.11. The molecule has 170 valence electrons. The number of rotatable bonds is 7. The molecule has 0 aliphatic carbocycles. The quantitative estimate of drug-likeness (QED) is 0.577. The van der Waals surface area contributed by atoms with Gasteiger partial charge in [-0.05, 0) is 61.6 Å². The lowest BCUT2D eigenvalue weighted by Crippen LogP contribution is -2.35. The van der Waals surface area contributed by atoms with E-state index in [1.165, 1.54) is 0 Å². The molecule has 1 aromatic heterocycles. The van der Waals surface area contributed by atoms with E-state index in [9.17, 15) is 13.2 Å². The van der Waals surface area contributed by atoms with Gasteiger partial charge in [0.05, 0.1) is 4.90 Å². The van der Waals surface area contributed by atoms with Gasteiger partial charge >= 0.3 is 0 Å². The molecule has 1 saturated heterocycles. The van der Waals surface area contributed by atoms with Crippen molar-refractivity contribution in [1.82, 2.24) is 14.2 Å². The first kappa shape index (κ1) is 22.6. The maximum absolute atomic E-state index is 13.0. The van der Waals surface area contributed by atoms with Crippen LogP contribution in [0.5, 0.6) is 0 Å². The van der Waals surface area contributed by atoms with E-state index in [2.05, 4.69) is 5.32 Å². The Bertz CT molecular complexity index is 1210. The standard InChI is InChI=1S/C25H31N3O3S/c1-3-23(25(29)26-18-21-10-6-5-9-19(21)2)28-16-13-20-17-22(11-12-24(20)28)32(30,31)27-14-7-4-8-15-27/h5-6,9-13,16-17,23H,3-4,7-8,14-15,18H2,1-2H3,(H,26,29)/t23-/m0/s1. The van der Waals surface area contributed by atoms with Crippen LogP contribution < -0.4 is 5.32 Å². The van der Waals surface area contributed by atoms with Crippen molar-refractivity contribution in [2.75, 3.05) is 13.1 Å². The Morgan fingerprint density at radius 1 is 1.06 bits per heavy atom. The zero-order valence-corrected chi connectivity index (χ0v) is 19.6. The number of sulfonamides is 1. The van der Waals surface area contributed by atoms with Gasteiger partial charge in [0.25, 0.3) is 0 Å². The van der Waals surface area contributed by atoms with Gasteiger partial charge in [0, 0.05) is 36.7 Å². The van der Waals surface area contributed by atoms with Crippen LogP contribution in [0.4, 0.5) is 0 Å². The van der Waals surface area contributed by atoms with E-state index in [4.69, 9.17) is 0 Å². The van der Waals surface area contributed by atoms with Gasteiger partial charge in [-0.1, -0.05) is 37.6 Å². The molecule has 1 atom stereocenters. The highest BCUT2D eigenvalue weighted by Gasteiger charge is 2.27. The normalized spacial score (nSPS) is 16.2. The second-order valence-electron chi connectivity index (χ2n) is 8.48. The summed E-state index contributed by atoms with van der Waals surface area (Å²) in [5, 5.41) is 3.89. The topological polar surface area (TPSA) is 71.4 Å². The number of hydrogen-bond acceptors (Lipinski definition) is 3. The average Bonchev–Trinajstić information content (AvgIpc) is 3.23. The van der Waals surface area contributed by atoms with Crippen molar-refractivity contribution in [1.29, 1.82) is 0 Å². The van der Waals surface area contributed by atoms with Crippen LogP contribution >= 0.6 is 0 Å². The fraction of sp³-hybridized carbons (Fsp3) is 0.400. The van der Waals surface area contributed by atoms with Crippen molar-refractivity contribution in [3.8, 4) is 0 Å². The molecular formula is C25H31N3O3S. The van der Waals surface area contributed by atoms with E-state index in [1.807, 2.05) is 61.0 Å². The molecule has 1 amide bonds. The Labute approximate surface area is 190 Å². The Hall–Kier alpha value is -2.64. The van der Waals surface area contributed by atoms with E-state index in [1.54, 1.807) is 16.4 Å². The molecule has 1 aliphatic rings. The third-order valence-corrected chi connectivity index (χ3v) is 8.28. The van der Waals surface area contributed by atoms with Crippen molar-refractivity contribution in [2.45, 2.75) is 57.0 Å². The number of piperidine rings is 1. The second kappa shape index (κ2) is 9.46. The van der Waals surface area contributed by atoms with E-state index in [0.29, 0.717) is 31.0 Å². The van der Waals surface area contributed by atoms with Crippen LogP contribution in [0.3, 0.4) is 0 Å². The first-order valence-corrected chi connectivity index (χ1v) is 12.8. The molecule has 0 saturated carbocycles. The van der Waals surface area contributed by atoms with Crippen LogP contribution in [-0.4, -0.2) is 36.3 Å². The highest BCUT2D eigenvalue weighted by Crippen LogP contribution is 2.27. The SMILES string of the molecule is CC[C@@H](C(=O)NCc1ccccc1C)n1ccc2cc(S(=O)(=O)N3CCCCC3)ccc21. The number of amides is 1. The number of aromatic nitrogens is 1. The number of benzene rings is 2. The third-order valence-electron chi connectivity index (χ3n) is 6.38. The Balaban J connectivity index is 1.55. The largest absolute Gasteiger partial charge is 0.350 e. The van der Waals surface area contributed by atoms with Gasteiger partial charge in [-0.3, -0.25) is 4.79 Å². The van der Waals surface area contributed by atoms with Crippen LogP contribution in [0.2, 0.25) is 0 Å². The van der Waals surface area contributed by atoms with Gasteiger partial charge in [-0.25, -0.2) is 8.42 Å². The molecule has 0 spiro atoms. The summed E-state index contributed by atoms with van der Waals surface area (Å²) >= 11 is 0. The molecule has 0 radical (unpaired) electrons. The minimum absolute atomic E-state index is 0.0433. The summed E-state index contributed by atoms with van der Waals surface area (Å²) in [6.07, 6.45) is 5.42. The molecule has 1 aliphatic heterocycles. The van der Waals surface area contributed by atoms with Crippen molar-refractivity contribution in [3.05, 3.63) is 65.9 Å². The summed E-state index contributed by atoms with van der Waals surface area (Å²) in [7, 11) is -3.48. The minimum Gasteiger partial charge on any atom is -0.350 e. The Kier molecular flexibility index (Phi) is 6.67. The molecule has 2 heterocycles. The highest BCUT2D eigenvalue weighted by molar-refractivity contribution is 7.89. The molecule has 0 unspecified atom stereocenters. The zero-order valence-electron chi connectivity index (χ0n) is 18.8. The lowest BCUT2D eigenvalue weighted by Gasteiger charge is -2.26. The first-order chi connectivity index (χ1) is 15.4. The summed E-state index contributed by atoms with van der Waals surface area (Å²) in [6.45, 7) is 5.67. The van der Waals surface area contributed by atoms with E-state index >= 15 is 0 Å². The molecular weight excluding hydrogens is 422 g/mol. The van der Waals surface area contributed by atoms with Crippen molar-refractivity contribution < 1.29 is 13.2 Å².